The van der Waals surface area contributed by atoms with Crippen LogP contribution in [-0.2, 0) is 0 Å². The number of hydrogen-bond donors (Lipinski definition) is 0. The van der Waals surface area contributed by atoms with Gasteiger partial charge < -0.3 is 13.9 Å². The molecule has 3 heteroatoms. The fourth-order valence-electron chi connectivity index (χ4n) is 5.82. The molecular formula is C36H24N2O. The monoisotopic (exact) mass is 500 g/mol. The van der Waals surface area contributed by atoms with Gasteiger partial charge in [-0.05, 0) is 77.5 Å². The van der Waals surface area contributed by atoms with Crippen molar-refractivity contribution in [3.63, 3.8) is 0 Å². The number of para-hydroxylation sites is 3. The number of aromatic nitrogens is 2. The molecule has 3 nitrogen and oxygen atoms in total. The summed E-state index contributed by atoms with van der Waals surface area (Å²) in [7, 11) is 0. The van der Waals surface area contributed by atoms with Gasteiger partial charge in [0.25, 0.3) is 0 Å². The van der Waals surface area contributed by atoms with Gasteiger partial charge in [-0.25, -0.2) is 0 Å². The minimum Gasteiger partial charge on any atom is -0.457 e. The van der Waals surface area contributed by atoms with Crippen molar-refractivity contribution in [3.05, 3.63) is 146 Å². The summed E-state index contributed by atoms with van der Waals surface area (Å²) in [5.74, 6) is 1.64. The van der Waals surface area contributed by atoms with Crippen LogP contribution in [0.3, 0.4) is 0 Å². The number of benzene rings is 6. The molecule has 0 fully saturated rings. The van der Waals surface area contributed by atoms with Gasteiger partial charge in [-0.1, -0.05) is 66.7 Å². The predicted molar refractivity (Wildman–Crippen MR) is 162 cm³/mol. The minimum atomic E-state index is 0.813. The van der Waals surface area contributed by atoms with E-state index in [-0.39, 0.29) is 0 Å². The average molecular weight is 501 g/mol. The second-order valence-electron chi connectivity index (χ2n) is 9.88. The van der Waals surface area contributed by atoms with Gasteiger partial charge in [-0.15, -0.1) is 0 Å². The zero-order valence-corrected chi connectivity index (χ0v) is 21.2. The van der Waals surface area contributed by atoms with Crippen molar-refractivity contribution in [2.24, 2.45) is 0 Å². The molecule has 0 atom stereocenters. The maximum Gasteiger partial charge on any atom is 0.129 e. The van der Waals surface area contributed by atoms with E-state index in [1.54, 1.807) is 0 Å². The van der Waals surface area contributed by atoms with Crippen LogP contribution in [0.5, 0.6) is 11.5 Å². The highest BCUT2D eigenvalue weighted by atomic mass is 16.5. The Morgan fingerprint density at radius 2 is 1.13 bits per heavy atom. The van der Waals surface area contributed by atoms with Gasteiger partial charge in [-0.2, -0.15) is 0 Å². The van der Waals surface area contributed by atoms with E-state index in [9.17, 15) is 0 Å². The van der Waals surface area contributed by atoms with Crippen molar-refractivity contribution in [3.8, 4) is 22.9 Å². The van der Waals surface area contributed by atoms with Crippen LogP contribution < -0.4 is 4.74 Å². The molecule has 0 aliphatic carbocycles. The molecule has 0 aliphatic rings. The lowest BCUT2D eigenvalue weighted by atomic mass is 10.0. The maximum atomic E-state index is 6.20. The Balaban J connectivity index is 1.37. The first-order chi connectivity index (χ1) is 19.3. The molecule has 0 amide bonds. The number of nitrogens with zero attached hydrogens (tertiary/aromatic N) is 2. The number of fused-ring (bicyclic) bond motifs is 6. The van der Waals surface area contributed by atoms with Gasteiger partial charge in [0, 0.05) is 39.8 Å². The first-order valence-electron chi connectivity index (χ1n) is 13.2. The van der Waals surface area contributed by atoms with E-state index in [1.807, 2.05) is 36.4 Å². The van der Waals surface area contributed by atoms with Crippen molar-refractivity contribution in [2.45, 2.75) is 0 Å². The number of ether oxygens (including phenoxy) is 1. The minimum absolute atomic E-state index is 0.813. The first-order valence-corrected chi connectivity index (χ1v) is 13.2. The lowest BCUT2D eigenvalue weighted by Crippen LogP contribution is -1.95. The van der Waals surface area contributed by atoms with E-state index in [0.29, 0.717) is 0 Å². The van der Waals surface area contributed by atoms with Gasteiger partial charge in [0.1, 0.15) is 11.5 Å². The highest BCUT2D eigenvalue weighted by Crippen LogP contribution is 2.38. The molecule has 0 aliphatic heterocycles. The third-order valence-electron chi connectivity index (χ3n) is 7.57. The third-order valence-corrected chi connectivity index (χ3v) is 7.57. The Labute approximate surface area is 225 Å². The number of rotatable bonds is 4. The van der Waals surface area contributed by atoms with Crippen molar-refractivity contribution in [1.29, 1.82) is 0 Å². The largest absolute Gasteiger partial charge is 0.457 e. The standard InChI is InChI=1S/C36H24N2O/c1-3-10-26(11-4-1)37-21-20-31-32-24-36-33(22-25(32)18-19-34(31)37)30-16-7-8-17-35(30)38(36)27-12-9-15-29(23-27)39-28-13-5-2-6-14-28/h1-24H. The first kappa shape index (κ1) is 21.8. The van der Waals surface area contributed by atoms with Crippen LogP contribution in [0.1, 0.15) is 0 Å². The van der Waals surface area contributed by atoms with Crippen LogP contribution in [0, 0.1) is 0 Å². The van der Waals surface area contributed by atoms with E-state index in [0.717, 1.165) is 22.9 Å². The summed E-state index contributed by atoms with van der Waals surface area (Å²) in [6, 6.07) is 48.9. The third kappa shape index (κ3) is 3.52. The van der Waals surface area contributed by atoms with Crippen LogP contribution >= 0.6 is 0 Å². The van der Waals surface area contributed by atoms with Crippen LogP contribution in [0.25, 0.3) is 54.9 Å². The lowest BCUT2D eigenvalue weighted by molar-refractivity contribution is 0.482. The van der Waals surface area contributed by atoms with E-state index in [4.69, 9.17) is 4.74 Å². The number of hydrogen-bond acceptors (Lipinski definition) is 1. The van der Waals surface area contributed by atoms with Crippen molar-refractivity contribution >= 4 is 43.5 Å². The highest BCUT2D eigenvalue weighted by molar-refractivity contribution is 6.18. The quantitative estimate of drug-likeness (QED) is 0.235. The smallest absolute Gasteiger partial charge is 0.129 e. The Morgan fingerprint density at radius 1 is 0.410 bits per heavy atom. The van der Waals surface area contributed by atoms with E-state index < -0.39 is 0 Å². The molecule has 0 unspecified atom stereocenters. The molecule has 184 valence electrons. The molecule has 0 saturated carbocycles. The molecule has 0 bridgehead atoms. The second kappa shape index (κ2) is 8.64. The van der Waals surface area contributed by atoms with Crippen LogP contribution in [-0.4, -0.2) is 9.13 Å². The summed E-state index contributed by atoms with van der Waals surface area (Å²) in [5.41, 5.74) is 5.80. The molecular weight excluding hydrogens is 476 g/mol. The lowest BCUT2D eigenvalue weighted by Gasteiger charge is -2.12. The Morgan fingerprint density at radius 3 is 2.00 bits per heavy atom. The van der Waals surface area contributed by atoms with Crippen molar-refractivity contribution in [2.75, 3.05) is 0 Å². The maximum absolute atomic E-state index is 6.20. The SMILES string of the molecule is c1ccc(Oc2cccc(-n3c4ccccc4c4cc5ccc6c(ccn6-c6ccccc6)c5cc43)c2)cc1. The van der Waals surface area contributed by atoms with E-state index in [2.05, 4.69) is 118 Å². The van der Waals surface area contributed by atoms with Crippen molar-refractivity contribution in [1.82, 2.24) is 9.13 Å². The molecule has 2 aromatic heterocycles. The summed E-state index contributed by atoms with van der Waals surface area (Å²) in [6.07, 6.45) is 2.17. The van der Waals surface area contributed by atoms with Gasteiger partial charge in [0.05, 0.1) is 16.6 Å². The summed E-state index contributed by atoms with van der Waals surface area (Å²) in [5, 5.41) is 6.22. The predicted octanol–water partition coefficient (Wildman–Crippen LogP) is 9.67. The molecule has 8 rings (SSSR count). The van der Waals surface area contributed by atoms with Crippen molar-refractivity contribution < 1.29 is 4.74 Å². The molecule has 0 saturated heterocycles. The van der Waals surface area contributed by atoms with Crippen LogP contribution in [0.4, 0.5) is 0 Å². The highest BCUT2D eigenvalue weighted by Gasteiger charge is 2.15. The molecule has 8 aromatic rings. The molecule has 0 spiro atoms. The summed E-state index contributed by atoms with van der Waals surface area (Å²) in [6.45, 7) is 0. The molecule has 39 heavy (non-hydrogen) atoms. The van der Waals surface area contributed by atoms with Gasteiger partial charge in [0.2, 0.25) is 0 Å². The normalized spacial score (nSPS) is 11.6. The summed E-state index contributed by atoms with van der Waals surface area (Å²) < 4.78 is 10.8. The molecule has 6 aromatic carbocycles. The molecule has 0 radical (unpaired) electrons. The Hall–Kier alpha value is -5.28. The fraction of sp³-hybridized carbons (Fsp3) is 0. The zero-order chi connectivity index (χ0) is 25.8. The average Bonchev–Trinajstić information content (AvgIpc) is 3.57. The Bertz CT molecular complexity index is 2140. The fourth-order valence-corrected chi connectivity index (χ4v) is 5.82. The van der Waals surface area contributed by atoms with Crippen LogP contribution in [0.2, 0.25) is 0 Å². The van der Waals surface area contributed by atoms with E-state index >= 15 is 0 Å². The van der Waals surface area contributed by atoms with Gasteiger partial charge >= 0.3 is 0 Å². The van der Waals surface area contributed by atoms with Crippen LogP contribution in [0.15, 0.2) is 146 Å². The van der Waals surface area contributed by atoms with E-state index in [1.165, 1.54) is 43.5 Å². The zero-order valence-electron chi connectivity index (χ0n) is 21.2. The summed E-state index contributed by atoms with van der Waals surface area (Å²) in [4.78, 5) is 0. The summed E-state index contributed by atoms with van der Waals surface area (Å²) >= 11 is 0. The Kier molecular flexibility index (Phi) is 4.82. The molecule has 2 heterocycles. The van der Waals surface area contributed by atoms with Gasteiger partial charge in [0.15, 0.2) is 0 Å². The topological polar surface area (TPSA) is 19.1 Å². The van der Waals surface area contributed by atoms with Gasteiger partial charge in [-0.3, -0.25) is 0 Å². The second-order valence-corrected chi connectivity index (χ2v) is 9.88. The molecule has 0 N–H and O–H groups in total.